The zero-order valence-electron chi connectivity index (χ0n) is 22.0. The summed E-state index contributed by atoms with van der Waals surface area (Å²) in [6, 6.07) is 23.6. The number of imidazole rings is 1. The number of nitrogens with one attached hydrogen (secondary N) is 1. The van der Waals surface area contributed by atoms with E-state index >= 15 is 0 Å². The van der Waals surface area contributed by atoms with Crippen molar-refractivity contribution >= 4 is 18.3 Å². The zero-order chi connectivity index (χ0) is 26.5. The van der Waals surface area contributed by atoms with E-state index in [1.54, 1.807) is 36.8 Å². The van der Waals surface area contributed by atoms with Gasteiger partial charge >= 0.3 is 0 Å². The normalized spacial score (nSPS) is 12.9. The van der Waals surface area contributed by atoms with Crippen molar-refractivity contribution < 1.29 is 14.3 Å². The van der Waals surface area contributed by atoms with E-state index < -0.39 is 5.60 Å². The summed E-state index contributed by atoms with van der Waals surface area (Å²) in [5, 5.41) is 15.2. The second-order valence-corrected chi connectivity index (χ2v) is 10.5. The molecule has 1 unspecified atom stereocenters. The summed E-state index contributed by atoms with van der Waals surface area (Å²) in [5.74, 6) is -0.423. The van der Waals surface area contributed by atoms with Crippen LogP contribution in [0.15, 0.2) is 91.4 Å². The Labute approximate surface area is 230 Å². The van der Waals surface area contributed by atoms with Crippen LogP contribution in [0, 0.1) is 5.82 Å². The van der Waals surface area contributed by atoms with E-state index in [1.165, 1.54) is 12.1 Å². The molecule has 3 aromatic carbocycles. The molecule has 5 nitrogen and oxygen atoms in total. The molecule has 0 aliphatic carbocycles. The summed E-state index contributed by atoms with van der Waals surface area (Å²) in [7, 11) is 0. The topological polar surface area (TPSA) is 67.2 Å². The zero-order valence-corrected chi connectivity index (χ0v) is 22.8. The monoisotopic (exact) mass is 535 g/mol. The quantitative estimate of drug-likeness (QED) is 0.265. The van der Waals surface area contributed by atoms with E-state index in [9.17, 15) is 14.3 Å². The van der Waals surface area contributed by atoms with Gasteiger partial charge in [-0.15, -0.1) is 12.4 Å². The van der Waals surface area contributed by atoms with Crippen LogP contribution in [-0.4, -0.2) is 26.1 Å². The van der Waals surface area contributed by atoms with Gasteiger partial charge in [0.25, 0.3) is 5.91 Å². The molecule has 2 N–H and O–H groups in total. The standard InChI is InChI=1S/C31H34FN3O2.ClH/c1-30(2,3)34-29(36)25-13-15-26(16-14-25)31(37,19-7-10-23-11-17-27(32)18-12-23)28-20-33-22-35(28)21-24-8-5-4-6-9-24;/h4-6,8-9,11-18,20,22,37H,7,10,19,21H2,1-3H3,(H,34,36);1H. The summed E-state index contributed by atoms with van der Waals surface area (Å²) >= 11 is 0. The highest BCUT2D eigenvalue weighted by Crippen LogP contribution is 2.35. The van der Waals surface area contributed by atoms with E-state index in [-0.39, 0.29) is 29.7 Å². The van der Waals surface area contributed by atoms with E-state index in [4.69, 9.17) is 0 Å². The van der Waals surface area contributed by atoms with Crippen LogP contribution in [0.2, 0.25) is 0 Å². The molecule has 0 saturated carbocycles. The first kappa shape index (κ1) is 29.1. The first-order chi connectivity index (χ1) is 17.6. The minimum Gasteiger partial charge on any atom is -0.379 e. The van der Waals surface area contributed by atoms with Crippen LogP contribution < -0.4 is 5.32 Å². The average molecular weight is 536 g/mol. The van der Waals surface area contributed by atoms with Crippen LogP contribution in [0.4, 0.5) is 4.39 Å². The molecule has 1 heterocycles. The first-order valence-electron chi connectivity index (χ1n) is 12.6. The molecule has 38 heavy (non-hydrogen) atoms. The van der Waals surface area contributed by atoms with E-state index in [0.29, 0.717) is 42.6 Å². The first-order valence-corrected chi connectivity index (χ1v) is 12.6. The summed E-state index contributed by atoms with van der Waals surface area (Å²) < 4.78 is 15.3. The number of amides is 1. The van der Waals surface area contributed by atoms with Gasteiger partial charge in [0, 0.05) is 17.6 Å². The van der Waals surface area contributed by atoms with Crippen LogP contribution in [-0.2, 0) is 18.6 Å². The van der Waals surface area contributed by atoms with Crippen LogP contribution in [0.3, 0.4) is 0 Å². The highest BCUT2D eigenvalue weighted by atomic mass is 35.5. The van der Waals surface area contributed by atoms with Crippen LogP contribution in [0.1, 0.15) is 66.4 Å². The van der Waals surface area contributed by atoms with Crippen molar-refractivity contribution in [2.45, 2.75) is 57.7 Å². The number of aromatic nitrogens is 2. The number of rotatable bonds is 9. The van der Waals surface area contributed by atoms with Gasteiger partial charge < -0.3 is 15.0 Å². The predicted molar refractivity (Wildman–Crippen MR) is 151 cm³/mol. The maximum Gasteiger partial charge on any atom is 0.251 e. The summed E-state index contributed by atoms with van der Waals surface area (Å²) in [5.41, 5.74) is 2.34. The number of halogens is 2. The summed E-state index contributed by atoms with van der Waals surface area (Å²) in [4.78, 5) is 17.0. The van der Waals surface area contributed by atoms with Crippen molar-refractivity contribution in [3.05, 3.63) is 125 Å². The predicted octanol–water partition coefficient (Wildman–Crippen LogP) is 6.28. The lowest BCUT2D eigenvalue weighted by Crippen LogP contribution is -2.40. The molecule has 1 aromatic heterocycles. The third-order valence-corrected chi connectivity index (χ3v) is 6.36. The number of carbonyl (C=O) groups is 1. The van der Waals surface area contributed by atoms with E-state index in [2.05, 4.69) is 10.3 Å². The maximum atomic E-state index is 13.3. The number of hydrogen-bond donors (Lipinski definition) is 2. The van der Waals surface area contributed by atoms with Gasteiger partial charge in [-0.1, -0.05) is 54.6 Å². The molecule has 200 valence electrons. The second kappa shape index (κ2) is 12.4. The van der Waals surface area contributed by atoms with Gasteiger partial charge in [0.2, 0.25) is 0 Å². The third kappa shape index (κ3) is 7.30. The van der Waals surface area contributed by atoms with Gasteiger partial charge in [0.15, 0.2) is 0 Å². The van der Waals surface area contributed by atoms with Crippen molar-refractivity contribution in [3.8, 4) is 0 Å². The largest absolute Gasteiger partial charge is 0.379 e. The third-order valence-electron chi connectivity index (χ3n) is 6.36. The Hall–Kier alpha value is -3.48. The number of benzene rings is 3. The van der Waals surface area contributed by atoms with Crippen molar-refractivity contribution in [2.24, 2.45) is 0 Å². The number of aliphatic hydroxyl groups is 1. The van der Waals surface area contributed by atoms with Crippen molar-refractivity contribution in [2.75, 3.05) is 0 Å². The molecule has 0 aliphatic heterocycles. The maximum absolute atomic E-state index is 13.3. The van der Waals surface area contributed by atoms with E-state index in [1.807, 2.05) is 67.8 Å². The molecule has 0 bridgehead atoms. The van der Waals surface area contributed by atoms with Gasteiger partial charge in [0.05, 0.1) is 18.2 Å². The fraction of sp³-hybridized carbons (Fsp3) is 0.290. The van der Waals surface area contributed by atoms with Gasteiger partial charge in [-0.2, -0.15) is 0 Å². The Morgan fingerprint density at radius 3 is 2.24 bits per heavy atom. The lowest BCUT2D eigenvalue weighted by molar-refractivity contribution is 0.0606. The van der Waals surface area contributed by atoms with Gasteiger partial charge in [0.1, 0.15) is 11.4 Å². The van der Waals surface area contributed by atoms with Crippen LogP contribution >= 0.6 is 12.4 Å². The Bertz CT molecular complexity index is 1320. The average Bonchev–Trinajstić information content (AvgIpc) is 3.33. The molecule has 7 heteroatoms. The molecular formula is C31H35ClFN3O2. The van der Waals surface area contributed by atoms with Gasteiger partial charge in [-0.05, 0) is 81.0 Å². The molecule has 0 radical (unpaired) electrons. The Morgan fingerprint density at radius 2 is 1.61 bits per heavy atom. The SMILES string of the molecule is CC(C)(C)NC(=O)c1ccc(C(O)(CCCc2ccc(F)cc2)c2cncn2Cc2ccccc2)cc1.Cl. The molecule has 1 atom stereocenters. The molecule has 0 saturated heterocycles. The lowest BCUT2D eigenvalue weighted by atomic mass is 9.84. The lowest BCUT2D eigenvalue weighted by Gasteiger charge is -2.30. The Balaban J connectivity index is 0.00000400. The van der Waals surface area contributed by atoms with Crippen molar-refractivity contribution in [1.29, 1.82) is 0 Å². The summed E-state index contributed by atoms with van der Waals surface area (Å²) in [6.45, 7) is 6.38. The molecule has 4 rings (SSSR count). The fourth-order valence-corrected chi connectivity index (χ4v) is 4.50. The van der Waals surface area contributed by atoms with Gasteiger partial charge in [-0.3, -0.25) is 4.79 Å². The second-order valence-electron chi connectivity index (χ2n) is 10.5. The smallest absolute Gasteiger partial charge is 0.251 e. The molecule has 1 amide bonds. The Morgan fingerprint density at radius 1 is 0.947 bits per heavy atom. The molecule has 4 aromatic rings. The summed E-state index contributed by atoms with van der Waals surface area (Å²) in [6.07, 6.45) is 5.24. The number of aryl methyl sites for hydroxylation is 1. The fourth-order valence-electron chi connectivity index (χ4n) is 4.50. The van der Waals surface area contributed by atoms with Crippen molar-refractivity contribution in [1.82, 2.24) is 14.9 Å². The number of carbonyl (C=O) groups excluding carboxylic acids is 1. The minimum atomic E-state index is -1.33. The minimum absolute atomic E-state index is 0. The van der Waals surface area contributed by atoms with Crippen LogP contribution in [0.25, 0.3) is 0 Å². The number of hydrogen-bond acceptors (Lipinski definition) is 3. The Kier molecular flexibility index (Phi) is 9.47. The highest BCUT2D eigenvalue weighted by molar-refractivity contribution is 5.94. The molecule has 0 fully saturated rings. The van der Waals surface area contributed by atoms with Crippen LogP contribution in [0.5, 0.6) is 0 Å². The highest BCUT2D eigenvalue weighted by Gasteiger charge is 2.34. The number of nitrogens with zero attached hydrogens (tertiary/aromatic N) is 2. The molecule has 0 spiro atoms. The van der Waals surface area contributed by atoms with Crippen molar-refractivity contribution in [3.63, 3.8) is 0 Å². The van der Waals surface area contributed by atoms with Gasteiger partial charge in [-0.25, -0.2) is 9.37 Å². The molecular weight excluding hydrogens is 501 g/mol. The molecule has 0 aliphatic rings. The van der Waals surface area contributed by atoms with E-state index in [0.717, 1.165) is 11.1 Å².